The van der Waals surface area contributed by atoms with Gasteiger partial charge in [-0.2, -0.15) is 0 Å². The van der Waals surface area contributed by atoms with Crippen LogP contribution in [0.15, 0.2) is 36.5 Å². The summed E-state index contributed by atoms with van der Waals surface area (Å²) >= 11 is 0. The maximum atomic E-state index is 4.39. The molecule has 0 fully saturated rings. The molecule has 1 aromatic heterocycles. The van der Waals surface area contributed by atoms with Gasteiger partial charge in [0.25, 0.3) is 0 Å². The number of hydrogen-bond donors (Lipinski definition) is 1. The van der Waals surface area contributed by atoms with E-state index >= 15 is 0 Å². The van der Waals surface area contributed by atoms with Crippen molar-refractivity contribution in [2.24, 2.45) is 0 Å². The van der Waals surface area contributed by atoms with Gasteiger partial charge in [-0.3, -0.25) is 4.98 Å². The summed E-state index contributed by atoms with van der Waals surface area (Å²) in [6.45, 7) is 5.35. The van der Waals surface area contributed by atoms with Gasteiger partial charge in [0.2, 0.25) is 0 Å². The zero-order valence-electron chi connectivity index (χ0n) is 12.3. The molecule has 0 radical (unpaired) electrons. The Hall–Kier alpha value is -1.67. The van der Waals surface area contributed by atoms with Gasteiger partial charge in [0.1, 0.15) is 0 Å². The first kappa shape index (κ1) is 13.3. The van der Waals surface area contributed by atoms with Gasteiger partial charge in [-0.05, 0) is 55.5 Å². The highest BCUT2D eigenvalue weighted by molar-refractivity contribution is 5.64. The van der Waals surface area contributed by atoms with Crippen LogP contribution in [0.25, 0.3) is 11.1 Å². The zero-order chi connectivity index (χ0) is 13.9. The van der Waals surface area contributed by atoms with Crippen molar-refractivity contribution in [1.29, 1.82) is 0 Å². The van der Waals surface area contributed by atoms with Crippen molar-refractivity contribution in [3.63, 3.8) is 0 Å². The number of benzene rings is 1. The van der Waals surface area contributed by atoms with Gasteiger partial charge < -0.3 is 5.32 Å². The molecule has 1 heterocycles. The first-order valence-corrected chi connectivity index (χ1v) is 7.57. The van der Waals surface area contributed by atoms with Crippen LogP contribution < -0.4 is 5.32 Å². The summed E-state index contributed by atoms with van der Waals surface area (Å²) in [5.41, 5.74) is 6.55. The highest BCUT2D eigenvalue weighted by atomic mass is 14.9. The van der Waals surface area contributed by atoms with E-state index in [-0.39, 0.29) is 0 Å². The van der Waals surface area contributed by atoms with E-state index < -0.39 is 0 Å². The molecule has 0 spiro atoms. The maximum absolute atomic E-state index is 4.39. The van der Waals surface area contributed by atoms with Gasteiger partial charge in [0.05, 0.1) is 0 Å². The Morgan fingerprint density at radius 2 is 2.05 bits per heavy atom. The Balaban J connectivity index is 1.85. The van der Waals surface area contributed by atoms with Gasteiger partial charge >= 0.3 is 0 Å². The quantitative estimate of drug-likeness (QED) is 0.903. The van der Waals surface area contributed by atoms with Gasteiger partial charge in [-0.25, -0.2) is 0 Å². The van der Waals surface area contributed by atoms with Crippen molar-refractivity contribution in [3.05, 3.63) is 53.3 Å². The maximum Gasteiger partial charge on any atom is 0.0373 e. The van der Waals surface area contributed by atoms with Crippen LogP contribution in [0, 0.1) is 6.92 Å². The molecule has 2 aromatic rings. The largest absolute Gasteiger partial charge is 0.310 e. The van der Waals surface area contributed by atoms with Crippen LogP contribution in [-0.4, -0.2) is 11.5 Å². The third-order valence-corrected chi connectivity index (χ3v) is 4.11. The van der Waals surface area contributed by atoms with E-state index in [0.717, 1.165) is 12.2 Å². The summed E-state index contributed by atoms with van der Waals surface area (Å²) in [6, 6.07) is 11.7. The molecule has 0 amide bonds. The third-order valence-electron chi connectivity index (χ3n) is 4.11. The second-order valence-corrected chi connectivity index (χ2v) is 5.65. The number of pyridine rings is 1. The summed E-state index contributed by atoms with van der Waals surface area (Å²) in [5.74, 6) is 0. The van der Waals surface area contributed by atoms with Crippen molar-refractivity contribution in [1.82, 2.24) is 10.3 Å². The van der Waals surface area contributed by atoms with Crippen LogP contribution in [0.3, 0.4) is 0 Å². The third kappa shape index (κ3) is 2.61. The lowest BCUT2D eigenvalue weighted by molar-refractivity contribution is 0.529. The SMILES string of the molecule is CCCNC1CCc2cc(-c3ccc(C)nc3)ccc21. The molecule has 2 heteroatoms. The van der Waals surface area contributed by atoms with Crippen molar-refractivity contribution in [3.8, 4) is 11.1 Å². The van der Waals surface area contributed by atoms with Gasteiger partial charge in [0.15, 0.2) is 0 Å². The van der Waals surface area contributed by atoms with E-state index in [9.17, 15) is 0 Å². The number of hydrogen-bond acceptors (Lipinski definition) is 2. The molecule has 0 saturated heterocycles. The molecule has 1 atom stereocenters. The van der Waals surface area contributed by atoms with Crippen molar-refractivity contribution in [2.45, 2.75) is 39.2 Å². The summed E-state index contributed by atoms with van der Waals surface area (Å²) in [5, 5.41) is 3.64. The monoisotopic (exact) mass is 266 g/mol. The van der Waals surface area contributed by atoms with Crippen molar-refractivity contribution >= 4 is 0 Å². The van der Waals surface area contributed by atoms with E-state index in [0.29, 0.717) is 6.04 Å². The van der Waals surface area contributed by atoms with E-state index in [1.807, 2.05) is 13.1 Å². The summed E-state index contributed by atoms with van der Waals surface area (Å²) < 4.78 is 0. The molecule has 1 aliphatic rings. The first-order valence-electron chi connectivity index (χ1n) is 7.57. The Bertz CT molecular complexity index is 587. The van der Waals surface area contributed by atoms with Crippen molar-refractivity contribution < 1.29 is 0 Å². The number of nitrogens with zero attached hydrogens (tertiary/aromatic N) is 1. The van der Waals surface area contributed by atoms with Crippen LogP contribution in [-0.2, 0) is 6.42 Å². The summed E-state index contributed by atoms with van der Waals surface area (Å²) in [4.78, 5) is 4.39. The first-order chi connectivity index (χ1) is 9.78. The van der Waals surface area contributed by atoms with Gasteiger partial charge in [-0.1, -0.05) is 31.2 Å². The number of aryl methyl sites for hydroxylation is 2. The molecule has 3 rings (SSSR count). The van der Waals surface area contributed by atoms with E-state index in [2.05, 4.69) is 47.6 Å². The minimum Gasteiger partial charge on any atom is -0.310 e. The predicted octanol–water partition coefficient (Wildman–Crippen LogP) is 4.04. The van der Waals surface area contributed by atoms with E-state index in [1.54, 1.807) is 0 Å². The predicted molar refractivity (Wildman–Crippen MR) is 83.8 cm³/mol. The Morgan fingerprint density at radius 3 is 2.80 bits per heavy atom. The van der Waals surface area contributed by atoms with Crippen LogP contribution in [0.4, 0.5) is 0 Å². The Labute approximate surface area is 121 Å². The minimum atomic E-state index is 0.551. The molecular formula is C18H22N2. The standard InChI is InChI=1S/C18H22N2/c1-3-10-19-18-9-7-15-11-14(6-8-17(15)18)16-5-4-13(2)20-12-16/h4-6,8,11-12,18-19H,3,7,9-10H2,1-2H3. The molecule has 0 aliphatic heterocycles. The Kier molecular flexibility index (Phi) is 3.83. The fraction of sp³-hybridized carbons (Fsp3) is 0.389. The molecule has 0 saturated carbocycles. The second kappa shape index (κ2) is 5.76. The van der Waals surface area contributed by atoms with Crippen LogP contribution >= 0.6 is 0 Å². The number of fused-ring (bicyclic) bond motifs is 1. The smallest absolute Gasteiger partial charge is 0.0373 e. The number of nitrogens with one attached hydrogen (secondary N) is 1. The lowest BCUT2D eigenvalue weighted by atomic mass is 10.0. The molecule has 1 unspecified atom stereocenters. The molecule has 104 valence electrons. The second-order valence-electron chi connectivity index (χ2n) is 5.65. The summed E-state index contributed by atoms with van der Waals surface area (Å²) in [7, 11) is 0. The van der Waals surface area contributed by atoms with Gasteiger partial charge in [-0.15, -0.1) is 0 Å². The average Bonchev–Trinajstić information content (AvgIpc) is 2.88. The fourth-order valence-corrected chi connectivity index (χ4v) is 2.97. The number of rotatable bonds is 4. The van der Waals surface area contributed by atoms with Crippen LogP contribution in [0.1, 0.15) is 42.6 Å². The molecule has 1 N–H and O–H groups in total. The molecule has 1 aromatic carbocycles. The van der Waals surface area contributed by atoms with E-state index in [4.69, 9.17) is 0 Å². The molecule has 2 nitrogen and oxygen atoms in total. The normalized spacial score (nSPS) is 17.2. The Morgan fingerprint density at radius 1 is 1.20 bits per heavy atom. The zero-order valence-corrected chi connectivity index (χ0v) is 12.3. The van der Waals surface area contributed by atoms with Crippen LogP contribution in [0.2, 0.25) is 0 Å². The molecule has 20 heavy (non-hydrogen) atoms. The highest BCUT2D eigenvalue weighted by Crippen LogP contribution is 2.34. The lowest BCUT2D eigenvalue weighted by Crippen LogP contribution is -2.19. The molecule has 1 aliphatic carbocycles. The topological polar surface area (TPSA) is 24.9 Å². The molecule has 0 bridgehead atoms. The van der Waals surface area contributed by atoms with Gasteiger partial charge in [0, 0.05) is 23.5 Å². The number of aromatic nitrogens is 1. The van der Waals surface area contributed by atoms with Crippen LogP contribution in [0.5, 0.6) is 0 Å². The summed E-state index contributed by atoms with van der Waals surface area (Å²) in [6.07, 6.45) is 5.58. The van der Waals surface area contributed by atoms with E-state index in [1.165, 1.54) is 41.5 Å². The average molecular weight is 266 g/mol. The fourth-order valence-electron chi connectivity index (χ4n) is 2.97. The minimum absolute atomic E-state index is 0.551. The van der Waals surface area contributed by atoms with Crippen molar-refractivity contribution in [2.75, 3.05) is 6.54 Å². The highest BCUT2D eigenvalue weighted by Gasteiger charge is 2.21. The molecular weight excluding hydrogens is 244 g/mol. The lowest BCUT2D eigenvalue weighted by Gasteiger charge is -2.13.